The quantitative estimate of drug-likeness (QED) is 0.840. The first kappa shape index (κ1) is 20.0. The molecule has 0 bridgehead atoms. The minimum absolute atomic E-state index is 0.231. The van der Waals surface area contributed by atoms with Gasteiger partial charge in [-0.2, -0.15) is 0 Å². The van der Waals surface area contributed by atoms with E-state index < -0.39 is 15.9 Å². The van der Waals surface area contributed by atoms with Gasteiger partial charge >= 0.3 is 0 Å². The molecule has 0 radical (unpaired) electrons. The Morgan fingerprint density at radius 3 is 2.23 bits per heavy atom. The average molecular weight is 375 g/mol. The summed E-state index contributed by atoms with van der Waals surface area (Å²) in [7, 11) is -3.23. The summed E-state index contributed by atoms with van der Waals surface area (Å²) in [4.78, 5) is 12.7. The number of amides is 1. The van der Waals surface area contributed by atoms with Crippen LogP contribution >= 0.6 is 0 Å². The lowest BCUT2D eigenvalue weighted by atomic mass is 10.1. The third kappa shape index (κ3) is 4.85. The summed E-state index contributed by atoms with van der Waals surface area (Å²) in [6.45, 7) is 7.50. The second-order valence-corrected chi connectivity index (χ2v) is 8.55. The molecule has 2 rings (SSSR count). The Hall–Kier alpha value is -2.34. The number of carbonyl (C=O) groups excluding carboxylic acids is 1. The number of hydrogen-bond donors (Lipinski definition) is 1. The summed E-state index contributed by atoms with van der Waals surface area (Å²) in [5, 5.41) is 2.90. The van der Waals surface area contributed by atoms with Gasteiger partial charge in [0, 0.05) is 6.26 Å². The smallest absolute Gasteiger partial charge is 0.261 e. The van der Waals surface area contributed by atoms with E-state index in [-0.39, 0.29) is 16.8 Å². The maximum Gasteiger partial charge on any atom is 0.261 e. The molecule has 140 valence electrons. The van der Waals surface area contributed by atoms with E-state index in [1.54, 1.807) is 31.2 Å². The minimum Gasteiger partial charge on any atom is -0.481 e. The number of ether oxygens (including phenoxy) is 1. The number of nitrogens with one attached hydrogen (secondary N) is 1. The zero-order valence-corrected chi connectivity index (χ0v) is 16.6. The van der Waals surface area contributed by atoms with Crippen molar-refractivity contribution in [3.05, 3.63) is 59.2 Å². The molecule has 0 spiro atoms. The van der Waals surface area contributed by atoms with Crippen molar-refractivity contribution in [1.82, 2.24) is 5.32 Å². The lowest BCUT2D eigenvalue weighted by Crippen LogP contribution is -2.37. The van der Waals surface area contributed by atoms with E-state index in [2.05, 4.69) is 5.32 Å². The van der Waals surface area contributed by atoms with Gasteiger partial charge in [-0.3, -0.25) is 4.79 Å². The molecule has 1 amide bonds. The van der Waals surface area contributed by atoms with E-state index in [4.69, 9.17) is 4.74 Å². The summed E-state index contributed by atoms with van der Waals surface area (Å²) in [6.07, 6.45) is 0.521. The number of rotatable bonds is 6. The number of benzene rings is 2. The first-order valence-electron chi connectivity index (χ1n) is 8.43. The predicted octanol–water partition coefficient (Wildman–Crippen LogP) is 3.35. The molecule has 2 aromatic carbocycles. The van der Waals surface area contributed by atoms with Crippen LogP contribution in [0.1, 0.15) is 36.6 Å². The van der Waals surface area contributed by atoms with E-state index in [9.17, 15) is 13.2 Å². The van der Waals surface area contributed by atoms with Gasteiger partial charge in [0.25, 0.3) is 5.91 Å². The van der Waals surface area contributed by atoms with Gasteiger partial charge in [-0.25, -0.2) is 8.42 Å². The van der Waals surface area contributed by atoms with Crippen molar-refractivity contribution >= 4 is 15.7 Å². The Balaban J connectivity index is 2.03. The number of sulfone groups is 1. The molecule has 0 saturated heterocycles. The van der Waals surface area contributed by atoms with Crippen LogP contribution in [0.2, 0.25) is 0 Å². The van der Waals surface area contributed by atoms with Gasteiger partial charge in [0.1, 0.15) is 5.75 Å². The Labute approximate surface area is 155 Å². The molecule has 1 N–H and O–H groups in total. The van der Waals surface area contributed by atoms with Crippen molar-refractivity contribution < 1.29 is 17.9 Å². The molecular weight excluding hydrogens is 350 g/mol. The second kappa shape index (κ2) is 7.91. The van der Waals surface area contributed by atoms with Gasteiger partial charge in [-0.15, -0.1) is 0 Å². The monoisotopic (exact) mass is 375 g/mol. The maximum absolute atomic E-state index is 12.4. The van der Waals surface area contributed by atoms with E-state index in [1.165, 1.54) is 6.26 Å². The molecule has 0 saturated carbocycles. The highest BCUT2D eigenvalue weighted by Crippen LogP contribution is 2.22. The van der Waals surface area contributed by atoms with Crippen molar-refractivity contribution in [1.29, 1.82) is 0 Å². The summed E-state index contributed by atoms with van der Waals surface area (Å²) in [6, 6.07) is 12.0. The minimum atomic E-state index is -3.23. The van der Waals surface area contributed by atoms with Crippen LogP contribution in [0.15, 0.2) is 47.4 Å². The molecule has 0 aliphatic heterocycles. The molecule has 2 unspecified atom stereocenters. The molecule has 0 fully saturated rings. The van der Waals surface area contributed by atoms with Gasteiger partial charge in [0.2, 0.25) is 0 Å². The highest BCUT2D eigenvalue weighted by Gasteiger charge is 2.19. The first-order chi connectivity index (χ1) is 12.1. The highest BCUT2D eigenvalue weighted by atomic mass is 32.2. The number of carbonyl (C=O) groups is 1. The summed E-state index contributed by atoms with van der Waals surface area (Å²) < 4.78 is 28.8. The summed E-state index contributed by atoms with van der Waals surface area (Å²) in [5.41, 5.74) is 2.94. The molecule has 2 atom stereocenters. The van der Waals surface area contributed by atoms with E-state index >= 15 is 0 Å². The Morgan fingerprint density at radius 2 is 1.65 bits per heavy atom. The SMILES string of the molecule is Cc1cccc(OC(C)C(=O)NC(C)c2ccc(S(C)(=O)=O)cc2)c1C. The summed E-state index contributed by atoms with van der Waals surface area (Å²) in [5.74, 6) is 0.461. The normalized spacial score (nSPS) is 13.7. The molecule has 0 aromatic heterocycles. The van der Waals surface area contributed by atoms with Crippen molar-refractivity contribution in [2.45, 2.75) is 44.7 Å². The second-order valence-electron chi connectivity index (χ2n) is 6.53. The van der Waals surface area contributed by atoms with Crippen LogP contribution in [0.25, 0.3) is 0 Å². The molecule has 2 aromatic rings. The van der Waals surface area contributed by atoms with E-state index in [0.29, 0.717) is 5.75 Å². The molecule has 0 aliphatic carbocycles. The van der Waals surface area contributed by atoms with Crippen molar-refractivity contribution in [2.24, 2.45) is 0 Å². The number of hydrogen-bond acceptors (Lipinski definition) is 4. The van der Waals surface area contributed by atoms with Crippen LogP contribution in [0, 0.1) is 13.8 Å². The number of aryl methyl sites for hydroxylation is 1. The maximum atomic E-state index is 12.4. The largest absolute Gasteiger partial charge is 0.481 e. The van der Waals surface area contributed by atoms with E-state index in [1.807, 2.05) is 39.0 Å². The Kier molecular flexibility index (Phi) is 6.08. The molecule has 0 aliphatic rings. The lowest BCUT2D eigenvalue weighted by Gasteiger charge is -2.20. The first-order valence-corrected chi connectivity index (χ1v) is 10.3. The fourth-order valence-corrected chi connectivity index (χ4v) is 3.14. The van der Waals surface area contributed by atoms with Crippen LogP contribution < -0.4 is 10.1 Å². The van der Waals surface area contributed by atoms with Crippen LogP contribution in [-0.2, 0) is 14.6 Å². The fraction of sp³-hybridized carbons (Fsp3) is 0.350. The van der Waals surface area contributed by atoms with Gasteiger partial charge < -0.3 is 10.1 Å². The molecule has 0 heterocycles. The van der Waals surface area contributed by atoms with E-state index in [0.717, 1.165) is 16.7 Å². The van der Waals surface area contributed by atoms with Gasteiger partial charge in [-0.05, 0) is 62.6 Å². The Morgan fingerprint density at radius 1 is 1.04 bits per heavy atom. The molecule has 26 heavy (non-hydrogen) atoms. The van der Waals surface area contributed by atoms with Gasteiger partial charge in [0.05, 0.1) is 10.9 Å². The molecule has 6 heteroatoms. The van der Waals surface area contributed by atoms with Crippen LogP contribution in [-0.4, -0.2) is 26.7 Å². The van der Waals surface area contributed by atoms with Crippen molar-refractivity contribution in [3.63, 3.8) is 0 Å². The average Bonchev–Trinajstić information content (AvgIpc) is 2.58. The van der Waals surface area contributed by atoms with Crippen molar-refractivity contribution in [3.8, 4) is 5.75 Å². The molecule has 5 nitrogen and oxygen atoms in total. The fourth-order valence-electron chi connectivity index (χ4n) is 2.51. The van der Waals surface area contributed by atoms with Crippen LogP contribution in [0.3, 0.4) is 0 Å². The van der Waals surface area contributed by atoms with Crippen LogP contribution in [0.5, 0.6) is 5.75 Å². The topological polar surface area (TPSA) is 72.5 Å². The highest BCUT2D eigenvalue weighted by molar-refractivity contribution is 7.90. The zero-order chi connectivity index (χ0) is 19.5. The van der Waals surface area contributed by atoms with Gasteiger partial charge in [-0.1, -0.05) is 24.3 Å². The zero-order valence-electron chi connectivity index (χ0n) is 15.7. The van der Waals surface area contributed by atoms with Crippen LogP contribution in [0.4, 0.5) is 0 Å². The predicted molar refractivity (Wildman–Crippen MR) is 102 cm³/mol. The standard InChI is InChI=1S/C20H25NO4S/c1-13-7-6-8-19(14(13)2)25-16(4)20(22)21-15(3)17-9-11-18(12-10-17)26(5,23)24/h6-12,15-16H,1-5H3,(H,21,22). The van der Waals surface area contributed by atoms with Gasteiger partial charge in [0.15, 0.2) is 15.9 Å². The lowest BCUT2D eigenvalue weighted by molar-refractivity contribution is -0.127. The Bertz CT molecular complexity index is 889. The summed E-state index contributed by atoms with van der Waals surface area (Å²) >= 11 is 0. The third-order valence-electron chi connectivity index (χ3n) is 4.39. The molecular formula is C20H25NO4S. The third-order valence-corrected chi connectivity index (χ3v) is 5.52. The van der Waals surface area contributed by atoms with Crippen molar-refractivity contribution in [2.75, 3.05) is 6.26 Å².